The van der Waals surface area contributed by atoms with Crippen LogP contribution in [-0.4, -0.2) is 55.8 Å². The zero-order valence-electron chi connectivity index (χ0n) is 29.9. The molecule has 0 saturated heterocycles. The van der Waals surface area contributed by atoms with Crippen molar-refractivity contribution < 1.29 is 38.9 Å². The number of benzene rings is 4. The summed E-state index contributed by atoms with van der Waals surface area (Å²) in [7, 11) is 0. The van der Waals surface area contributed by atoms with E-state index < -0.39 is 47.4 Å². The third-order valence-electron chi connectivity index (χ3n) is 10.0. The van der Waals surface area contributed by atoms with Crippen molar-refractivity contribution in [3.05, 3.63) is 120 Å². The van der Waals surface area contributed by atoms with Crippen molar-refractivity contribution in [1.82, 2.24) is 9.80 Å². The molecule has 4 aromatic rings. The van der Waals surface area contributed by atoms with E-state index >= 15 is 0 Å². The van der Waals surface area contributed by atoms with Gasteiger partial charge in [-0.15, -0.1) is 0 Å². The number of para-hydroxylation sites is 2. The van der Waals surface area contributed by atoms with Crippen LogP contribution < -0.4 is 9.47 Å². The molecule has 52 heavy (non-hydrogen) atoms. The molecule has 0 spiro atoms. The molecule has 1 aliphatic carbocycles. The maximum Gasteiger partial charge on any atom is 0.308 e. The molecular formula is C42H46N2O8. The first-order chi connectivity index (χ1) is 25.0. The van der Waals surface area contributed by atoms with Gasteiger partial charge in [-0.1, -0.05) is 74.5 Å². The Morgan fingerprint density at radius 3 is 1.12 bits per heavy atom. The maximum absolute atomic E-state index is 14.5. The standard InChI is InChI=1S/C42H46N2O8/c1-5-27(3)43(25-29-17-21-33(22-18-29)51-31-13-9-7-10-14-31)39(45)35-36(38(42(49)50)37(35)41(47)48)40(46)44(28(4)6-2)26-30-19-23-34(24-20-30)52-32-15-11-8-12-16-32/h7-24,27-28,35-38H,5-6,25-26H2,1-4H3,(H,47,48)(H,49,50)/t27-,28-,35?,36?,37?,38?/m0/s1. The fraction of sp³-hybridized carbons (Fsp3) is 0.333. The SMILES string of the molecule is CC[C@H](C)N(Cc1ccc(Oc2ccccc2)cc1)C(=O)C1C(C(=O)O)C(C(=O)O)C1C(=O)N(Cc1ccc(Oc2ccccc2)cc1)[C@@H](C)CC. The van der Waals surface area contributed by atoms with Crippen LogP contribution in [0.1, 0.15) is 51.7 Å². The summed E-state index contributed by atoms with van der Waals surface area (Å²) in [5, 5.41) is 20.5. The summed E-state index contributed by atoms with van der Waals surface area (Å²) in [5.74, 6) is -7.15. The Morgan fingerprint density at radius 1 is 0.519 bits per heavy atom. The molecule has 0 aliphatic heterocycles. The van der Waals surface area contributed by atoms with E-state index in [0.29, 0.717) is 35.8 Å². The number of hydrogen-bond donors (Lipinski definition) is 2. The number of nitrogens with zero attached hydrogens (tertiary/aromatic N) is 2. The molecule has 0 heterocycles. The quantitative estimate of drug-likeness (QED) is 0.120. The van der Waals surface area contributed by atoms with Crippen LogP contribution in [0.5, 0.6) is 23.0 Å². The normalized spacial score (nSPS) is 19.0. The predicted octanol–water partition coefficient (Wildman–Crippen LogP) is 7.87. The van der Waals surface area contributed by atoms with Crippen molar-refractivity contribution >= 4 is 23.8 Å². The zero-order chi connectivity index (χ0) is 37.4. The van der Waals surface area contributed by atoms with E-state index in [0.717, 1.165) is 11.1 Å². The minimum atomic E-state index is -1.56. The first-order valence-corrected chi connectivity index (χ1v) is 17.7. The maximum atomic E-state index is 14.5. The summed E-state index contributed by atoms with van der Waals surface area (Å²) in [6.45, 7) is 7.85. The number of amides is 2. The fourth-order valence-corrected chi connectivity index (χ4v) is 6.67. The van der Waals surface area contributed by atoms with Gasteiger partial charge in [-0.3, -0.25) is 19.2 Å². The molecule has 4 unspecified atom stereocenters. The Labute approximate surface area is 304 Å². The second-order valence-corrected chi connectivity index (χ2v) is 13.3. The largest absolute Gasteiger partial charge is 0.481 e. The molecule has 1 saturated carbocycles. The number of carboxylic acid groups (broad SMARTS) is 2. The molecule has 0 bridgehead atoms. The number of aliphatic carboxylic acids is 2. The van der Waals surface area contributed by atoms with E-state index in [1.54, 1.807) is 34.1 Å². The first-order valence-electron chi connectivity index (χ1n) is 17.7. The molecule has 6 atom stereocenters. The Bertz CT molecular complexity index is 1680. The highest BCUT2D eigenvalue weighted by molar-refractivity contribution is 5.99. The van der Waals surface area contributed by atoms with Gasteiger partial charge in [0, 0.05) is 25.2 Å². The lowest BCUT2D eigenvalue weighted by Gasteiger charge is -2.49. The Hall–Kier alpha value is -5.64. The molecule has 272 valence electrons. The molecule has 5 rings (SSSR count). The van der Waals surface area contributed by atoms with E-state index in [1.165, 1.54) is 0 Å². The second kappa shape index (κ2) is 17.0. The third kappa shape index (κ3) is 8.62. The van der Waals surface area contributed by atoms with Crippen molar-refractivity contribution in [3.63, 3.8) is 0 Å². The number of carbonyl (C=O) groups is 4. The predicted molar refractivity (Wildman–Crippen MR) is 196 cm³/mol. The summed E-state index contributed by atoms with van der Waals surface area (Å²) in [6.07, 6.45) is 1.13. The van der Waals surface area contributed by atoms with Gasteiger partial charge < -0.3 is 29.5 Å². The fourth-order valence-electron chi connectivity index (χ4n) is 6.67. The van der Waals surface area contributed by atoms with Crippen LogP contribution in [0.2, 0.25) is 0 Å². The number of hydrogen-bond acceptors (Lipinski definition) is 6. The van der Waals surface area contributed by atoms with Gasteiger partial charge in [-0.05, 0) is 86.3 Å². The lowest BCUT2D eigenvalue weighted by atomic mass is 9.55. The van der Waals surface area contributed by atoms with Crippen LogP contribution in [0, 0.1) is 23.7 Å². The van der Waals surface area contributed by atoms with Crippen molar-refractivity contribution in [2.75, 3.05) is 0 Å². The van der Waals surface area contributed by atoms with Crippen molar-refractivity contribution in [2.24, 2.45) is 23.7 Å². The lowest BCUT2D eigenvalue weighted by Crippen LogP contribution is -2.65. The van der Waals surface area contributed by atoms with Crippen molar-refractivity contribution in [2.45, 2.75) is 65.7 Å². The van der Waals surface area contributed by atoms with Crippen LogP contribution in [0.4, 0.5) is 0 Å². The summed E-state index contributed by atoms with van der Waals surface area (Å²) in [6, 6.07) is 32.5. The summed E-state index contributed by atoms with van der Waals surface area (Å²) in [4.78, 5) is 57.4. The highest BCUT2D eigenvalue weighted by Crippen LogP contribution is 2.49. The molecular weight excluding hydrogens is 660 g/mol. The van der Waals surface area contributed by atoms with E-state index in [2.05, 4.69) is 0 Å². The highest BCUT2D eigenvalue weighted by Gasteiger charge is 2.65. The van der Waals surface area contributed by atoms with Gasteiger partial charge in [0.1, 0.15) is 23.0 Å². The molecule has 2 N–H and O–H groups in total. The first kappa shape index (κ1) is 37.6. The minimum Gasteiger partial charge on any atom is -0.481 e. The smallest absolute Gasteiger partial charge is 0.308 e. The Morgan fingerprint density at radius 2 is 0.827 bits per heavy atom. The molecule has 4 aromatic carbocycles. The van der Waals surface area contributed by atoms with Gasteiger partial charge in [0.15, 0.2) is 0 Å². The molecule has 10 nitrogen and oxygen atoms in total. The molecule has 0 radical (unpaired) electrons. The number of ether oxygens (including phenoxy) is 2. The number of carboxylic acids is 2. The molecule has 10 heteroatoms. The Balaban J connectivity index is 1.40. The average Bonchev–Trinajstić information content (AvgIpc) is 3.13. The molecule has 0 aromatic heterocycles. The van der Waals surface area contributed by atoms with Gasteiger partial charge in [0.2, 0.25) is 11.8 Å². The van der Waals surface area contributed by atoms with E-state index in [1.807, 2.05) is 113 Å². The van der Waals surface area contributed by atoms with Gasteiger partial charge >= 0.3 is 11.9 Å². The molecule has 1 fully saturated rings. The van der Waals surface area contributed by atoms with Crippen LogP contribution in [0.15, 0.2) is 109 Å². The van der Waals surface area contributed by atoms with Crippen molar-refractivity contribution in [3.8, 4) is 23.0 Å². The van der Waals surface area contributed by atoms with E-state index in [9.17, 15) is 29.4 Å². The van der Waals surface area contributed by atoms with Crippen LogP contribution in [-0.2, 0) is 32.3 Å². The molecule has 2 amide bonds. The minimum absolute atomic E-state index is 0.146. The Kier molecular flexibility index (Phi) is 12.3. The second-order valence-electron chi connectivity index (χ2n) is 13.3. The zero-order valence-corrected chi connectivity index (χ0v) is 29.9. The van der Waals surface area contributed by atoms with Gasteiger partial charge in [-0.2, -0.15) is 0 Å². The summed E-state index contributed by atoms with van der Waals surface area (Å²) < 4.78 is 11.8. The number of carbonyl (C=O) groups excluding carboxylic acids is 2. The monoisotopic (exact) mass is 706 g/mol. The molecule has 1 aliphatic rings. The van der Waals surface area contributed by atoms with Crippen LogP contribution in [0.3, 0.4) is 0 Å². The van der Waals surface area contributed by atoms with Crippen LogP contribution in [0.25, 0.3) is 0 Å². The lowest BCUT2D eigenvalue weighted by molar-refractivity contribution is -0.189. The topological polar surface area (TPSA) is 134 Å². The summed E-state index contributed by atoms with van der Waals surface area (Å²) in [5.41, 5.74) is 1.55. The van der Waals surface area contributed by atoms with Gasteiger partial charge in [0.25, 0.3) is 0 Å². The highest BCUT2D eigenvalue weighted by atomic mass is 16.5. The third-order valence-corrected chi connectivity index (χ3v) is 10.0. The average molecular weight is 707 g/mol. The van der Waals surface area contributed by atoms with Crippen molar-refractivity contribution in [1.29, 1.82) is 0 Å². The van der Waals surface area contributed by atoms with E-state index in [-0.39, 0.29) is 25.2 Å². The number of rotatable bonds is 16. The summed E-state index contributed by atoms with van der Waals surface area (Å²) >= 11 is 0. The van der Waals surface area contributed by atoms with Gasteiger partial charge in [-0.25, -0.2) is 0 Å². The van der Waals surface area contributed by atoms with E-state index in [4.69, 9.17) is 9.47 Å². The van der Waals surface area contributed by atoms with Gasteiger partial charge in [0.05, 0.1) is 23.7 Å². The van der Waals surface area contributed by atoms with Crippen LogP contribution >= 0.6 is 0 Å².